The van der Waals surface area contributed by atoms with E-state index in [0.717, 1.165) is 0 Å². The highest BCUT2D eigenvalue weighted by molar-refractivity contribution is 7.26. The lowest BCUT2D eigenvalue weighted by Crippen LogP contribution is -1.81. The number of fused-ring (bicyclic) bond motifs is 7. The third-order valence-electron chi connectivity index (χ3n) is 6.19. The van der Waals surface area contributed by atoms with Gasteiger partial charge in [-0.3, -0.25) is 0 Å². The number of benzene rings is 5. The molecule has 1 N–H and O–H groups in total. The smallest absolute Gasteiger partial charge is 0.0545 e. The number of hydrogen-bond donors (Lipinski definition) is 1. The second-order valence-electron chi connectivity index (χ2n) is 7.88. The summed E-state index contributed by atoms with van der Waals surface area (Å²) in [4.78, 5) is 3.74. The molecule has 0 saturated heterocycles. The van der Waals surface area contributed by atoms with Crippen molar-refractivity contribution in [1.29, 1.82) is 0 Å². The van der Waals surface area contributed by atoms with Gasteiger partial charge in [-0.05, 0) is 29.0 Å². The number of para-hydroxylation sites is 1. The molecule has 0 amide bonds. The molecule has 140 valence electrons. The number of thiophene rings is 1. The molecule has 0 aliphatic heterocycles. The van der Waals surface area contributed by atoms with Crippen LogP contribution in [-0.4, -0.2) is 4.98 Å². The van der Waals surface area contributed by atoms with E-state index in [1.807, 2.05) is 11.3 Å². The molecule has 7 aromatic rings. The van der Waals surface area contributed by atoms with Gasteiger partial charge in [0, 0.05) is 47.6 Å². The standard InChI is InChI=1S/C28H17NS/c1-2-8-18-16-25-24(15-17(18)7-1)21-11-5-10-20(27(21)29-25)23-13-6-12-22-19-9-3-4-14-26(19)30-28(22)23/h1-16,29H. The minimum atomic E-state index is 1.19. The van der Waals surface area contributed by atoms with E-state index in [4.69, 9.17) is 0 Å². The first-order chi connectivity index (χ1) is 14.9. The van der Waals surface area contributed by atoms with Crippen molar-refractivity contribution in [3.63, 3.8) is 0 Å². The Bertz CT molecular complexity index is 1750. The molecule has 0 radical (unpaired) electrons. The molecule has 0 atom stereocenters. The molecule has 2 aromatic heterocycles. The van der Waals surface area contributed by atoms with Crippen LogP contribution in [-0.2, 0) is 0 Å². The summed E-state index contributed by atoms with van der Waals surface area (Å²) in [6.07, 6.45) is 0. The first kappa shape index (κ1) is 16.2. The molecule has 2 heteroatoms. The summed E-state index contributed by atoms with van der Waals surface area (Å²) in [7, 11) is 0. The summed E-state index contributed by atoms with van der Waals surface area (Å²) in [5, 5.41) is 7.80. The van der Waals surface area contributed by atoms with Gasteiger partial charge in [0.2, 0.25) is 0 Å². The molecule has 0 fully saturated rings. The summed E-state index contributed by atoms with van der Waals surface area (Å²) in [5.41, 5.74) is 4.98. The largest absolute Gasteiger partial charge is 0.354 e. The van der Waals surface area contributed by atoms with Gasteiger partial charge in [-0.1, -0.05) is 78.9 Å². The first-order valence-corrected chi connectivity index (χ1v) is 11.0. The Morgan fingerprint density at radius 1 is 0.533 bits per heavy atom. The number of aromatic nitrogens is 1. The molecule has 0 aliphatic rings. The van der Waals surface area contributed by atoms with Crippen LogP contribution in [0.2, 0.25) is 0 Å². The van der Waals surface area contributed by atoms with Crippen LogP contribution in [0.1, 0.15) is 0 Å². The molecule has 0 spiro atoms. The van der Waals surface area contributed by atoms with Crippen LogP contribution in [0.3, 0.4) is 0 Å². The van der Waals surface area contributed by atoms with Crippen molar-refractivity contribution in [3.8, 4) is 11.1 Å². The molecule has 30 heavy (non-hydrogen) atoms. The van der Waals surface area contributed by atoms with E-state index < -0.39 is 0 Å². The van der Waals surface area contributed by atoms with E-state index in [-0.39, 0.29) is 0 Å². The van der Waals surface area contributed by atoms with Crippen LogP contribution >= 0.6 is 11.3 Å². The van der Waals surface area contributed by atoms with Crippen LogP contribution in [0.5, 0.6) is 0 Å². The second kappa shape index (κ2) is 5.94. The summed E-state index contributed by atoms with van der Waals surface area (Å²) < 4.78 is 2.70. The van der Waals surface area contributed by atoms with Gasteiger partial charge in [-0.15, -0.1) is 11.3 Å². The fourth-order valence-corrected chi connectivity index (χ4v) is 6.03. The molecule has 0 bridgehead atoms. The highest BCUT2D eigenvalue weighted by atomic mass is 32.1. The van der Waals surface area contributed by atoms with Crippen LogP contribution < -0.4 is 0 Å². The highest BCUT2D eigenvalue weighted by Gasteiger charge is 2.14. The van der Waals surface area contributed by atoms with Gasteiger partial charge < -0.3 is 4.98 Å². The van der Waals surface area contributed by atoms with E-state index in [2.05, 4.69) is 102 Å². The van der Waals surface area contributed by atoms with E-state index in [1.165, 1.54) is 63.9 Å². The average molecular weight is 400 g/mol. The first-order valence-electron chi connectivity index (χ1n) is 10.2. The van der Waals surface area contributed by atoms with Gasteiger partial charge in [0.05, 0.1) is 5.52 Å². The van der Waals surface area contributed by atoms with E-state index in [1.54, 1.807) is 0 Å². The fraction of sp³-hybridized carbons (Fsp3) is 0. The minimum Gasteiger partial charge on any atom is -0.354 e. The lowest BCUT2D eigenvalue weighted by molar-refractivity contribution is 1.55. The zero-order valence-electron chi connectivity index (χ0n) is 16.1. The Hall–Kier alpha value is -3.62. The number of rotatable bonds is 1. The Morgan fingerprint density at radius 3 is 2.13 bits per heavy atom. The predicted octanol–water partition coefficient (Wildman–Crippen LogP) is 8.51. The van der Waals surface area contributed by atoms with Crippen molar-refractivity contribution in [2.75, 3.05) is 0 Å². The lowest BCUT2D eigenvalue weighted by atomic mass is 9.99. The molecule has 0 aliphatic carbocycles. The van der Waals surface area contributed by atoms with Crippen molar-refractivity contribution in [3.05, 3.63) is 97.1 Å². The molecule has 7 rings (SSSR count). The Morgan fingerprint density at radius 2 is 1.23 bits per heavy atom. The molecular formula is C28H17NS. The van der Waals surface area contributed by atoms with Gasteiger partial charge in [0.15, 0.2) is 0 Å². The Kier molecular flexibility index (Phi) is 3.21. The van der Waals surface area contributed by atoms with Crippen molar-refractivity contribution in [2.45, 2.75) is 0 Å². The molecule has 5 aromatic carbocycles. The summed E-state index contributed by atoms with van der Waals surface area (Å²) in [5.74, 6) is 0. The fourth-order valence-electron chi connectivity index (χ4n) is 4.80. The van der Waals surface area contributed by atoms with Crippen molar-refractivity contribution >= 4 is 64.1 Å². The monoisotopic (exact) mass is 399 g/mol. The van der Waals surface area contributed by atoms with E-state index in [0.29, 0.717) is 0 Å². The van der Waals surface area contributed by atoms with E-state index >= 15 is 0 Å². The van der Waals surface area contributed by atoms with Crippen LogP contribution in [0.15, 0.2) is 97.1 Å². The zero-order chi connectivity index (χ0) is 19.7. The zero-order valence-corrected chi connectivity index (χ0v) is 17.0. The maximum Gasteiger partial charge on any atom is 0.0545 e. The Labute approximate surface area is 177 Å². The van der Waals surface area contributed by atoms with Crippen molar-refractivity contribution in [2.24, 2.45) is 0 Å². The maximum atomic E-state index is 3.74. The van der Waals surface area contributed by atoms with Gasteiger partial charge >= 0.3 is 0 Å². The van der Waals surface area contributed by atoms with Crippen LogP contribution in [0.4, 0.5) is 0 Å². The molecule has 2 heterocycles. The maximum absolute atomic E-state index is 3.74. The van der Waals surface area contributed by atoms with Gasteiger partial charge in [0.1, 0.15) is 0 Å². The number of aromatic amines is 1. The normalized spacial score (nSPS) is 12.0. The molecule has 1 nitrogen and oxygen atoms in total. The van der Waals surface area contributed by atoms with Gasteiger partial charge in [-0.25, -0.2) is 0 Å². The van der Waals surface area contributed by atoms with Crippen LogP contribution in [0.25, 0.3) is 63.9 Å². The number of H-pyrrole nitrogens is 1. The summed E-state index contributed by atoms with van der Waals surface area (Å²) >= 11 is 1.89. The van der Waals surface area contributed by atoms with Crippen LogP contribution in [0, 0.1) is 0 Å². The Balaban J connectivity index is 1.59. The quantitative estimate of drug-likeness (QED) is 0.285. The van der Waals surface area contributed by atoms with E-state index in [9.17, 15) is 0 Å². The molecule has 0 unspecified atom stereocenters. The van der Waals surface area contributed by atoms with Gasteiger partial charge in [-0.2, -0.15) is 0 Å². The topological polar surface area (TPSA) is 15.8 Å². The lowest BCUT2D eigenvalue weighted by Gasteiger charge is -2.05. The summed E-state index contributed by atoms with van der Waals surface area (Å²) in [6.45, 7) is 0. The third-order valence-corrected chi connectivity index (χ3v) is 7.41. The molecule has 0 saturated carbocycles. The highest BCUT2D eigenvalue weighted by Crippen LogP contribution is 2.42. The molecular weight excluding hydrogens is 382 g/mol. The second-order valence-corrected chi connectivity index (χ2v) is 8.93. The van der Waals surface area contributed by atoms with Gasteiger partial charge in [0.25, 0.3) is 0 Å². The SMILES string of the molecule is c1ccc2cc3c(cc2c1)[nH]c1c(-c2cccc4c2sc2ccccc24)cccc13. The third kappa shape index (κ3) is 2.17. The predicted molar refractivity (Wildman–Crippen MR) is 132 cm³/mol. The number of nitrogens with one attached hydrogen (secondary N) is 1. The van der Waals surface area contributed by atoms with Crippen molar-refractivity contribution in [1.82, 2.24) is 4.98 Å². The minimum absolute atomic E-state index is 1.19. The average Bonchev–Trinajstić information content (AvgIpc) is 3.35. The number of hydrogen-bond acceptors (Lipinski definition) is 1. The van der Waals surface area contributed by atoms with Crippen molar-refractivity contribution < 1.29 is 0 Å². The summed E-state index contributed by atoms with van der Waals surface area (Å²) in [6, 6.07) is 35.2.